The maximum atomic E-state index is 4.78. The zero-order valence-corrected chi connectivity index (χ0v) is 11.8. The summed E-state index contributed by atoms with van der Waals surface area (Å²) in [5, 5.41) is 0. The standard InChI is InChI=1S/C7H14.C5H10O.C2H6/c1-5-6-7(2,3)4;1-4-5(2)6-3;1-2/h5H,1,6H2,2-4H3;4-5H,1H2,2-3H3;1-2H3. The molecule has 1 nitrogen and oxygen atoms in total. The third kappa shape index (κ3) is 31.8. The van der Waals surface area contributed by atoms with Crippen molar-refractivity contribution in [3.63, 3.8) is 0 Å². The highest BCUT2D eigenvalue weighted by atomic mass is 16.5. The summed E-state index contributed by atoms with van der Waals surface area (Å²) in [7, 11) is 1.66. The second-order valence-corrected chi connectivity index (χ2v) is 4.23. The smallest absolute Gasteiger partial charge is 0.0721 e. The van der Waals surface area contributed by atoms with Crippen LogP contribution in [-0.4, -0.2) is 13.2 Å². The van der Waals surface area contributed by atoms with Gasteiger partial charge in [0.25, 0.3) is 0 Å². The SMILES string of the molecule is C=CC(C)OC.C=CCC(C)(C)C.CC. The normalized spacial score (nSPS) is 11.1. The molecule has 0 spiro atoms. The van der Waals surface area contributed by atoms with E-state index in [9.17, 15) is 0 Å². The Bertz CT molecular complexity index is 131. The number of allylic oxidation sites excluding steroid dienone is 1. The van der Waals surface area contributed by atoms with Crippen LogP contribution in [0.4, 0.5) is 0 Å². The third-order valence-electron chi connectivity index (χ3n) is 1.46. The molecule has 0 bridgehead atoms. The van der Waals surface area contributed by atoms with E-state index in [-0.39, 0.29) is 6.10 Å². The Morgan fingerprint density at radius 3 is 1.60 bits per heavy atom. The lowest BCUT2D eigenvalue weighted by Gasteiger charge is -2.13. The average molecular weight is 214 g/mol. The molecule has 0 aromatic heterocycles. The topological polar surface area (TPSA) is 9.23 Å². The molecule has 0 aliphatic carbocycles. The number of rotatable bonds is 3. The van der Waals surface area contributed by atoms with E-state index in [0.29, 0.717) is 5.41 Å². The highest BCUT2D eigenvalue weighted by Gasteiger charge is 2.04. The first kappa shape index (κ1) is 19.9. The predicted molar refractivity (Wildman–Crippen MR) is 72.3 cm³/mol. The van der Waals surface area contributed by atoms with Gasteiger partial charge in [0, 0.05) is 7.11 Å². The van der Waals surface area contributed by atoms with Gasteiger partial charge in [-0.3, -0.25) is 0 Å². The summed E-state index contributed by atoms with van der Waals surface area (Å²) in [4.78, 5) is 0. The molecule has 0 fully saturated rings. The van der Waals surface area contributed by atoms with Gasteiger partial charge in [-0.2, -0.15) is 0 Å². The molecule has 0 N–H and O–H groups in total. The van der Waals surface area contributed by atoms with Crippen molar-refractivity contribution >= 4 is 0 Å². The maximum absolute atomic E-state index is 4.78. The van der Waals surface area contributed by atoms with E-state index >= 15 is 0 Å². The molecular formula is C14H30O. The van der Waals surface area contributed by atoms with Crippen LogP contribution in [0, 0.1) is 5.41 Å². The molecule has 0 radical (unpaired) electrons. The lowest BCUT2D eigenvalue weighted by molar-refractivity contribution is 0.156. The first-order valence-electron chi connectivity index (χ1n) is 5.63. The lowest BCUT2D eigenvalue weighted by Crippen LogP contribution is -2.01. The zero-order valence-electron chi connectivity index (χ0n) is 11.8. The molecule has 0 rings (SSSR count). The largest absolute Gasteiger partial charge is 0.378 e. The molecule has 0 aliphatic heterocycles. The Balaban J connectivity index is -0.000000166. The van der Waals surface area contributed by atoms with Gasteiger partial charge < -0.3 is 4.74 Å². The van der Waals surface area contributed by atoms with Crippen LogP contribution in [0.5, 0.6) is 0 Å². The molecule has 0 saturated heterocycles. The number of ether oxygens (including phenoxy) is 1. The van der Waals surface area contributed by atoms with Gasteiger partial charge in [0.05, 0.1) is 6.10 Å². The van der Waals surface area contributed by atoms with Gasteiger partial charge in [0.2, 0.25) is 0 Å². The van der Waals surface area contributed by atoms with Gasteiger partial charge in [-0.25, -0.2) is 0 Å². The van der Waals surface area contributed by atoms with Crippen LogP contribution in [0.3, 0.4) is 0 Å². The molecule has 0 aliphatic rings. The summed E-state index contributed by atoms with van der Waals surface area (Å²) in [5.41, 5.74) is 0.432. The summed E-state index contributed by atoms with van der Waals surface area (Å²) in [5.74, 6) is 0. The third-order valence-corrected chi connectivity index (χ3v) is 1.46. The van der Waals surface area contributed by atoms with Gasteiger partial charge >= 0.3 is 0 Å². The fraction of sp³-hybridized carbons (Fsp3) is 0.714. The highest BCUT2D eigenvalue weighted by Crippen LogP contribution is 2.17. The van der Waals surface area contributed by atoms with E-state index < -0.39 is 0 Å². The van der Waals surface area contributed by atoms with E-state index in [1.807, 2.05) is 26.8 Å². The first-order valence-corrected chi connectivity index (χ1v) is 5.63. The van der Waals surface area contributed by atoms with Crippen molar-refractivity contribution in [1.82, 2.24) is 0 Å². The van der Waals surface area contributed by atoms with E-state index in [4.69, 9.17) is 4.74 Å². The van der Waals surface area contributed by atoms with Crippen molar-refractivity contribution < 1.29 is 4.74 Å². The van der Waals surface area contributed by atoms with Gasteiger partial charge in [-0.05, 0) is 18.8 Å². The molecule has 1 atom stereocenters. The van der Waals surface area contributed by atoms with Crippen molar-refractivity contribution in [2.75, 3.05) is 7.11 Å². The van der Waals surface area contributed by atoms with Gasteiger partial charge in [-0.15, -0.1) is 13.2 Å². The molecule has 92 valence electrons. The second kappa shape index (κ2) is 13.4. The van der Waals surface area contributed by atoms with E-state index in [1.165, 1.54) is 0 Å². The average Bonchev–Trinajstić information content (AvgIpc) is 2.19. The lowest BCUT2D eigenvalue weighted by atomic mass is 9.93. The van der Waals surface area contributed by atoms with Gasteiger partial charge in [-0.1, -0.05) is 46.8 Å². The maximum Gasteiger partial charge on any atom is 0.0721 e. The Kier molecular flexibility index (Phi) is 17.9. The number of methoxy groups -OCH3 is 1. The van der Waals surface area contributed by atoms with Crippen molar-refractivity contribution in [2.24, 2.45) is 5.41 Å². The van der Waals surface area contributed by atoms with Gasteiger partial charge in [0.15, 0.2) is 0 Å². The Morgan fingerprint density at radius 1 is 1.20 bits per heavy atom. The van der Waals surface area contributed by atoms with Crippen LogP contribution in [0.15, 0.2) is 25.3 Å². The predicted octanol–water partition coefficient (Wildman–Crippen LogP) is 4.84. The number of hydrogen-bond acceptors (Lipinski definition) is 1. The summed E-state index contributed by atoms with van der Waals surface area (Å²) < 4.78 is 4.78. The molecular weight excluding hydrogens is 184 g/mol. The summed E-state index contributed by atoms with van der Waals surface area (Å²) >= 11 is 0. The van der Waals surface area contributed by atoms with Crippen molar-refractivity contribution in [1.29, 1.82) is 0 Å². The monoisotopic (exact) mass is 214 g/mol. The fourth-order valence-electron chi connectivity index (χ4n) is 0.529. The molecule has 0 aromatic carbocycles. The summed E-state index contributed by atoms with van der Waals surface area (Å²) in [6.45, 7) is 19.7. The van der Waals surface area contributed by atoms with Crippen molar-refractivity contribution in [3.05, 3.63) is 25.3 Å². The van der Waals surface area contributed by atoms with E-state index in [0.717, 1.165) is 6.42 Å². The molecule has 0 saturated carbocycles. The van der Waals surface area contributed by atoms with E-state index in [1.54, 1.807) is 13.2 Å². The van der Waals surface area contributed by atoms with Crippen LogP contribution in [-0.2, 0) is 4.74 Å². The molecule has 0 aromatic rings. The van der Waals surface area contributed by atoms with E-state index in [2.05, 4.69) is 33.9 Å². The quantitative estimate of drug-likeness (QED) is 0.611. The Labute approximate surface area is 97.2 Å². The second-order valence-electron chi connectivity index (χ2n) is 4.23. The summed E-state index contributed by atoms with van der Waals surface area (Å²) in [6, 6.07) is 0. The highest BCUT2D eigenvalue weighted by molar-refractivity contribution is 4.75. The molecule has 0 amide bonds. The molecule has 1 unspecified atom stereocenters. The zero-order chi connectivity index (χ0) is 12.9. The van der Waals surface area contributed by atoms with Crippen molar-refractivity contribution in [2.45, 2.75) is 54.1 Å². The Hall–Kier alpha value is -0.560. The van der Waals surface area contributed by atoms with Crippen LogP contribution in [0.2, 0.25) is 0 Å². The Morgan fingerprint density at radius 2 is 1.60 bits per heavy atom. The molecule has 1 heteroatoms. The number of hydrogen-bond donors (Lipinski definition) is 0. The molecule has 15 heavy (non-hydrogen) atoms. The fourth-order valence-corrected chi connectivity index (χ4v) is 0.529. The van der Waals surface area contributed by atoms with Crippen LogP contribution in [0.1, 0.15) is 48.0 Å². The van der Waals surface area contributed by atoms with Crippen LogP contribution in [0.25, 0.3) is 0 Å². The van der Waals surface area contributed by atoms with Crippen molar-refractivity contribution in [3.8, 4) is 0 Å². The minimum absolute atomic E-state index is 0.199. The minimum Gasteiger partial charge on any atom is -0.378 e. The molecule has 0 heterocycles. The van der Waals surface area contributed by atoms with Crippen LogP contribution < -0.4 is 0 Å². The van der Waals surface area contributed by atoms with Gasteiger partial charge in [0.1, 0.15) is 0 Å². The minimum atomic E-state index is 0.199. The summed E-state index contributed by atoms with van der Waals surface area (Å²) in [6.07, 6.45) is 5.01. The van der Waals surface area contributed by atoms with Crippen LogP contribution >= 0.6 is 0 Å². The first-order chi connectivity index (χ1) is 6.87.